The number of amides is 1. The number of hydrogen-bond acceptors (Lipinski definition) is 6. The van der Waals surface area contributed by atoms with Gasteiger partial charge in [-0.3, -0.25) is 4.79 Å². The summed E-state index contributed by atoms with van der Waals surface area (Å²) in [6, 6.07) is 9.57. The molecule has 0 aliphatic heterocycles. The molecule has 1 heterocycles. The van der Waals surface area contributed by atoms with Gasteiger partial charge in [-0.2, -0.15) is 0 Å². The predicted molar refractivity (Wildman–Crippen MR) is 102 cm³/mol. The van der Waals surface area contributed by atoms with Gasteiger partial charge in [0, 0.05) is 11.6 Å². The van der Waals surface area contributed by atoms with Crippen LogP contribution in [-0.4, -0.2) is 36.3 Å². The zero-order valence-electron chi connectivity index (χ0n) is 14.7. The number of hydrogen-bond donors (Lipinski definition) is 1. The molecule has 0 spiro atoms. The smallest absolute Gasteiger partial charge is 0.235 e. The van der Waals surface area contributed by atoms with Crippen LogP contribution in [0.2, 0.25) is 0 Å². The minimum atomic E-state index is -3.58. The summed E-state index contributed by atoms with van der Waals surface area (Å²) in [4.78, 5) is 12.2. The Hall–Kier alpha value is -1.80. The van der Waals surface area contributed by atoms with Crippen LogP contribution in [0.25, 0.3) is 10.6 Å². The van der Waals surface area contributed by atoms with Crippen LogP contribution in [0, 0.1) is 5.92 Å². The molecule has 1 fully saturated rings. The average Bonchev–Trinajstić information content (AvgIpc) is 3.05. The van der Waals surface area contributed by atoms with E-state index >= 15 is 0 Å². The van der Waals surface area contributed by atoms with E-state index in [0.717, 1.165) is 24.8 Å². The molecular formula is C18H23N3O3S2. The lowest BCUT2D eigenvalue weighted by molar-refractivity contribution is -0.119. The van der Waals surface area contributed by atoms with Crippen LogP contribution in [0.15, 0.2) is 30.3 Å². The molecule has 140 valence electrons. The van der Waals surface area contributed by atoms with Gasteiger partial charge in [0.15, 0.2) is 9.84 Å². The number of nitrogens with one attached hydrogen (secondary N) is 1. The monoisotopic (exact) mass is 393 g/mol. The van der Waals surface area contributed by atoms with Gasteiger partial charge in [-0.05, 0) is 18.8 Å². The summed E-state index contributed by atoms with van der Waals surface area (Å²) < 4.78 is 24.7. The summed E-state index contributed by atoms with van der Waals surface area (Å²) in [5.74, 6) is -0.787. The van der Waals surface area contributed by atoms with E-state index in [-0.39, 0.29) is 11.8 Å². The molecule has 2 aromatic rings. The molecule has 26 heavy (non-hydrogen) atoms. The molecule has 1 N–H and O–H groups in total. The predicted octanol–water partition coefficient (Wildman–Crippen LogP) is 2.81. The van der Waals surface area contributed by atoms with Crippen molar-refractivity contribution in [2.24, 2.45) is 5.92 Å². The van der Waals surface area contributed by atoms with Crippen LogP contribution in [-0.2, 0) is 20.4 Å². The molecule has 0 bridgehead atoms. The van der Waals surface area contributed by atoms with Gasteiger partial charge in [-0.15, -0.1) is 10.2 Å². The molecule has 0 unspecified atom stereocenters. The van der Waals surface area contributed by atoms with Crippen molar-refractivity contribution in [2.75, 3.05) is 5.75 Å². The van der Waals surface area contributed by atoms with E-state index < -0.39 is 21.5 Å². The number of carbonyl (C=O) groups excluding carboxylic acids is 1. The van der Waals surface area contributed by atoms with Crippen molar-refractivity contribution in [3.8, 4) is 10.6 Å². The zero-order chi connectivity index (χ0) is 18.6. The fourth-order valence-electron chi connectivity index (χ4n) is 3.23. The van der Waals surface area contributed by atoms with Gasteiger partial charge in [-0.25, -0.2) is 8.42 Å². The lowest BCUT2D eigenvalue weighted by Crippen LogP contribution is -2.43. The maximum absolute atomic E-state index is 12.4. The Balaban J connectivity index is 1.58. The first kappa shape index (κ1) is 19.0. The van der Waals surface area contributed by atoms with Crippen LogP contribution in [0.5, 0.6) is 0 Å². The molecule has 1 aliphatic rings. The van der Waals surface area contributed by atoms with Crippen LogP contribution < -0.4 is 5.32 Å². The van der Waals surface area contributed by atoms with E-state index in [1.54, 1.807) is 0 Å². The van der Waals surface area contributed by atoms with Crippen molar-refractivity contribution in [1.29, 1.82) is 0 Å². The summed E-state index contributed by atoms with van der Waals surface area (Å²) in [7, 11) is -3.58. The molecule has 3 rings (SSSR count). The van der Waals surface area contributed by atoms with Crippen LogP contribution in [0.1, 0.15) is 37.6 Å². The lowest BCUT2D eigenvalue weighted by Gasteiger charge is -2.29. The Bertz CT molecular complexity index is 850. The largest absolute Gasteiger partial charge is 0.352 e. The molecular weight excluding hydrogens is 370 g/mol. The van der Waals surface area contributed by atoms with Crippen LogP contribution in [0.4, 0.5) is 0 Å². The summed E-state index contributed by atoms with van der Waals surface area (Å²) in [5.41, 5.74) is 0.901. The van der Waals surface area contributed by atoms with E-state index in [9.17, 15) is 13.2 Å². The fraction of sp³-hybridized carbons (Fsp3) is 0.500. The minimum Gasteiger partial charge on any atom is -0.352 e. The normalized spacial score (nSPS) is 20.7. The number of rotatable bonds is 6. The number of sulfone groups is 1. The molecule has 1 amide bonds. The van der Waals surface area contributed by atoms with Gasteiger partial charge in [-0.1, -0.05) is 61.4 Å². The standard InChI is InChI=1S/C18H23N3O3S2/c1-13-7-5-6-10-15(13)19-16(22)11-26(23,24)12-17-20-21-18(25-17)14-8-3-2-4-9-14/h2-4,8-9,13,15H,5-7,10-12H2,1H3,(H,19,22)/t13-,15-/m0/s1. The van der Waals surface area contributed by atoms with E-state index in [4.69, 9.17) is 0 Å². The third kappa shape index (κ3) is 5.11. The Kier molecular flexibility index (Phi) is 6.03. The van der Waals surface area contributed by atoms with Gasteiger partial charge in [0.1, 0.15) is 21.5 Å². The average molecular weight is 394 g/mol. The van der Waals surface area contributed by atoms with Gasteiger partial charge < -0.3 is 5.32 Å². The quantitative estimate of drug-likeness (QED) is 0.815. The molecule has 8 heteroatoms. The Morgan fingerprint density at radius 3 is 2.65 bits per heavy atom. The Morgan fingerprint density at radius 2 is 1.92 bits per heavy atom. The van der Waals surface area contributed by atoms with Crippen molar-refractivity contribution in [3.63, 3.8) is 0 Å². The van der Waals surface area contributed by atoms with Gasteiger partial charge in [0.25, 0.3) is 0 Å². The highest BCUT2D eigenvalue weighted by molar-refractivity contribution is 7.91. The second kappa shape index (κ2) is 8.26. The second-order valence-corrected chi connectivity index (χ2v) is 9.96. The van der Waals surface area contributed by atoms with Crippen molar-refractivity contribution in [1.82, 2.24) is 15.5 Å². The first-order chi connectivity index (χ1) is 12.4. The number of aromatic nitrogens is 2. The van der Waals surface area contributed by atoms with Crippen molar-refractivity contribution >= 4 is 27.1 Å². The second-order valence-electron chi connectivity index (χ2n) is 6.83. The van der Waals surface area contributed by atoms with Crippen LogP contribution in [0.3, 0.4) is 0 Å². The summed E-state index contributed by atoms with van der Waals surface area (Å²) in [6.07, 6.45) is 4.25. The third-order valence-corrected chi connectivity index (χ3v) is 7.21. The number of nitrogens with zero attached hydrogens (tertiary/aromatic N) is 2. The first-order valence-corrected chi connectivity index (χ1v) is 11.4. The first-order valence-electron chi connectivity index (χ1n) is 8.80. The summed E-state index contributed by atoms with van der Waals surface area (Å²) in [5, 5.41) is 12.0. The lowest BCUT2D eigenvalue weighted by atomic mass is 9.86. The highest BCUT2D eigenvalue weighted by Crippen LogP contribution is 2.25. The molecule has 2 atom stereocenters. The maximum Gasteiger partial charge on any atom is 0.235 e. The van der Waals surface area contributed by atoms with E-state index in [1.807, 2.05) is 30.3 Å². The number of benzene rings is 1. The molecule has 6 nitrogen and oxygen atoms in total. The van der Waals surface area contributed by atoms with E-state index in [0.29, 0.717) is 15.9 Å². The van der Waals surface area contributed by atoms with Crippen molar-refractivity contribution in [2.45, 2.75) is 44.4 Å². The highest BCUT2D eigenvalue weighted by Gasteiger charge is 2.26. The Labute approximate surface area is 158 Å². The SMILES string of the molecule is C[C@H]1CCCC[C@@H]1NC(=O)CS(=O)(=O)Cc1nnc(-c2ccccc2)s1. The summed E-state index contributed by atoms with van der Waals surface area (Å²) in [6.45, 7) is 2.10. The van der Waals surface area contributed by atoms with Gasteiger partial charge in [0.2, 0.25) is 5.91 Å². The molecule has 0 radical (unpaired) electrons. The highest BCUT2D eigenvalue weighted by atomic mass is 32.2. The molecule has 1 aliphatic carbocycles. The van der Waals surface area contributed by atoms with E-state index in [1.165, 1.54) is 17.8 Å². The van der Waals surface area contributed by atoms with Gasteiger partial charge >= 0.3 is 0 Å². The van der Waals surface area contributed by atoms with Gasteiger partial charge in [0.05, 0.1) is 0 Å². The summed E-state index contributed by atoms with van der Waals surface area (Å²) >= 11 is 1.24. The number of carbonyl (C=O) groups is 1. The van der Waals surface area contributed by atoms with Crippen LogP contribution >= 0.6 is 11.3 Å². The minimum absolute atomic E-state index is 0.0812. The third-order valence-electron chi connectivity index (χ3n) is 4.64. The van der Waals surface area contributed by atoms with Crippen molar-refractivity contribution in [3.05, 3.63) is 35.3 Å². The van der Waals surface area contributed by atoms with E-state index in [2.05, 4.69) is 22.4 Å². The fourth-order valence-corrected chi connectivity index (χ4v) is 5.66. The molecule has 1 saturated carbocycles. The Morgan fingerprint density at radius 1 is 1.19 bits per heavy atom. The zero-order valence-corrected chi connectivity index (χ0v) is 16.4. The molecule has 0 saturated heterocycles. The topological polar surface area (TPSA) is 89.0 Å². The molecule has 1 aromatic carbocycles. The maximum atomic E-state index is 12.4. The molecule has 1 aromatic heterocycles. The van der Waals surface area contributed by atoms with Crippen molar-refractivity contribution < 1.29 is 13.2 Å².